The van der Waals surface area contributed by atoms with Gasteiger partial charge in [-0.25, -0.2) is 9.97 Å². The topological polar surface area (TPSA) is 25.8 Å². The monoisotopic (exact) mass is 881 g/mol. The van der Waals surface area contributed by atoms with Gasteiger partial charge in [0, 0.05) is 50.1 Å². The minimum absolute atomic E-state index is 0. The third-order valence-corrected chi connectivity index (χ3v) is 15.9. The summed E-state index contributed by atoms with van der Waals surface area (Å²) in [6.07, 6.45) is 0. The molecule has 0 bridgehead atoms. The summed E-state index contributed by atoms with van der Waals surface area (Å²) in [6.45, 7) is 13.2. The first-order chi connectivity index (χ1) is 29.1. The molecular formula is C56H56CuN2P2+2. The van der Waals surface area contributed by atoms with Gasteiger partial charge in [0.1, 0.15) is 31.8 Å². The minimum atomic E-state index is -0.877. The first kappa shape index (κ1) is 45.3. The van der Waals surface area contributed by atoms with Gasteiger partial charge in [0.25, 0.3) is 0 Å². The zero-order valence-corrected chi connectivity index (χ0v) is 38.9. The van der Waals surface area contributed by atoms with Crippen LogP contribution in [0, 0.1) is 0 Å². The Labute approximate surface area is 376 Å². The normalized spacial score (nSPS) is 11.3. The molecule has 0 saturated heterocycles. The molecular weight excluding hydrogens is 826 g/mol. The summed E-state index contributed by atoms with van der Waals surface area (Å²) in [7, 11) is -1.75. The van der Waals surface area contributed by atoms with Crippen molar-refractivity contribution < 1.29 is 17.1 Å². The fourth-order valence-electron chi connectivity index (χ4n) is 7.23. The molecule has 0 saturated carbocycles. The molecule has 0 aliphatic rings. The SMILES string of the molecule is CC(C)(C)c1ccc2ccc3ccc(C(C)(C)C)nc3c2n1.[Cu].c1ccc([PH+](c2ccccc2)c2ccccc2)cc1.c1ccc([PH+](c2ccccc2)c2ccccc2)cc1. The van der Waals surface area contributed by atoms with Gasteiger partial charge in [0.05, 0.1) is 26.9 Å². The predicted molar refractivity (Wildman–Crippen MR) is 268 cm³/mol. The number of rotatable bonds is 6. The first-order valence-electron chi connectivity index (χ1n) is 20.8. The van der Waals surface area contributed by atoms with E-state index in [1.165, 1.54) is 31.8 Å². The molecule has 0 unspecified atom stereocenters. The van der Waals surface area contributed by atoms with Crippen LogP contribution >= 0.6 is 15.8 Å². The maximum atomic E-state index is 4.94. The van der Waals surface area contributed by atoms with Crippen LogP contribution in [0.3, 0.4) is 0 Å². The molecule has 0 aliphatic carbocycles. The third-order valence-electron chi connectivity index (χ3n) is 10.4. The van der Waals surface area contributed by atoms with Gasteiger partial charge in [-0.3, -0.25) is 0 Å². The molecule has 309 valence electrons. The predicted octanol–water partition coefficient (Wildman–Crippen LogP) is 11.7. The molecule has 9 rings (SSSR count). The van der Waals surface area contributed by atoms with E-state index in [1.54, 1.807) is 0 Å². The van der Waals surface area contributed by atoms with E-state index >= 15 is 0 Å². The second-order valence-corrected chi connectivity index (χ2v) is 22.0. The van der Waals surface area contributed by atoms with E-state index in [1.807, 2.05) is 0 Å². The van der Waals surface area contributed by atoms with E-state index in [-0.39, 0.29) is 27.9 Å². The molecule has 2 aromatic heterocycles. The summed E-state index contributed by atoms with van der Waals surface area (Å²) >= 11 is 0. The van der Waals surface area contributed by atoms with Crippen molar-refractivity contribution in [2.45, 2.75) is 52.4 Å². The average molecular weight is 883 g/mol. The smallest absolute Gasteiger partial charge is 0.102 e. The van der Waals surface area contributed by atoms with E-state index in [0.29, 0.717) is 0 Å². The fraction of sp³-hybridized carbons (Fsp3) is 0.143. The van der Waals surface area contributed by atoms with Crippen LogP contribution in [0.5, 0.6) is 0 Å². The van der Waals surface area contributed by atoms with Gasteiger partial charge in [-0.05, 0) is 84.9 Å². The standard InChI is InChI=1S/C20H24N2.2C18H15P.Cu/c1-19(2,3)15-11-9-13-7-8-14-10-12-16(20(4,5)6)22-18(14)17(13)21-15;2*1-4-10-16(11-5-1)19(17-12-6-2-7-13-17)18-14-8-3-9-15-18;/h7-12H,1-6H3;2*1-15H;/p+2. The Hall–Kier alpha value is -5.26. The van der Waals surface area contributed by atoms with Crippen molar-refractivity contribution in [3.05, 3.63) is 230 Å². The van der Waals surface area contributed by atoms with Gasteiger partial charge in [0.15, 0.2) is 0 Å². The van der Waals surface area contributed by atoms with E-state index in [9.17, 15) is 0 Å². The maximum Gasteiger partial charge on any atom is 0.102 e. The van der Waals surface area contributed by atoms with Crippen molar-refractivity contribution in [1.29, 1.82) is 0 Å². The van der Waals surface area contributed by atoms with Crippen molar-refractivity contribution >= 4 is 69.5 Å². The summed E-state index contributed by atoms with van der Waals surface area (Å²) < 4.78 is 0. The average Bonchev–Trinajstić information content (AvgIpc) is 3.28. The number of benzene rings is 7. The molecule has 7 aromatic carbocycles. The number of pyridine rings is 2. The summed E-state index contributed by atoms with van der Waals surface area (Å²) in [4.78, 5) is 9.87. The Morgan fingerprint density at radius 3 is 0.672 bits per heavy atom. The van der Waals surface area contributed by atoms with Gasteiger partial charge in [-0.15, -0.1) is 0 Å². The Kier molecular flexibility index (Phi) is 15.6. The van der Waals surface area contributed by atoms with E-state index < -0.39 is 15.8 Å². The quantitative estimate of drug-likeness (QED) is 0.0945. The summed E-state index contributed by atoms with van der Waals surface area (Å²) in [5.74, 6) is 0. The number of fused-ring (bicyclic) bond motifs is 3. The van der Waals surface area contributed by atoms with Gasteiger partial charge in [0.2, 0.25) is 0 Å². The van der Waals surface area contributed by atoms with Gasteiger partial charge >= 0.3 is 0 Å². The van der Waals surface area contributed by atoms with Crippen LogP contribution in [0.15, 0.2) is 218 Å². The van der Waals surface area contributed by atoms with Crippen LogP contribution in [-0.4, -0.2) is 9.97 Å². The van der Waals surface area contributed by atoms with Crippen molar-refractivity contribution in [3.63, 3.8) is 0 Å². The molecule has 61 heavy (non-hydrogen) atoms. The molecule has 0 atom stereocenters. The molecule has 1 radical (unpaired) electrons. The van der Waals surface area contributed by atoms with Crippen LogP contribution in [0.2, 0.25) is 0 Å². The number of nitrogens with zero attached hydrogens (tertiary/aromatic N) is 2. The van der Waals surface area contributed by atoms with Crippen LogP contribution in [-0.2, 0) is 27.9 Å². The first-order valence-corrected chi connectivity index (χ1v) is 23.8. The Balaban J connectivity index is 0.000000152. The summed E-state index contributed by atoms with van der Waals surface area (Å²) in [5.41, 5.74) is 4.31. The van der Waals surface area contributed by atoms with Crippen LogP contribution in [0.25, 0.3) is 21.8 Å². The van der Waals surface area contributed by atoms with E-state index in [2.05, 4.69) is 260 Å². The number of hydrogen-bond donors (Lipinski definition) is 0. The van der Waals surface area contributed by atoms with E-state index in [0.717, 1.165) is 33.2 Å². The Bertz CT molecular complexity index is 2320. The van der Waals surface area contributed by atoms with Crippen LogP contribution in [0.1, 0.15) is 52.9 Å². The molecule has 0 spiro atoms. The molecule has 0 N–H and O–H groups in total. The molecule has 0 aliphatic heterocycles. The van der Waals surface area contributed by atoms with Crippen LogP contribution in [0.4, 0.5) is 0 Å². The summed E-state index contributed by atoms with van der Waals surface area (Å²) in [5, 5.41) is 10.9. The zero-order valence-electron chi connectivity index (χ0n) is 36.0. The van der Waals surface area contributed by atoms with Crippen molar-refractivity contribution in [2.75, 3.05) is 0 Å². The molecule has 2 heterocycles. The second kappa shape index (κ2) is 21.0. The molecule has 9 aromatic rings. The molecule has 5 heteroatoms. The number of aromatic nitrogens is 2. The number of hydrogen-bond acceptors (Lipinski definition) is 2. The largest absolute Gasteiger partial charge is 0.250 e. The summed E-state index contributed by atoms with van der Waals surface area (Å²) in [6, 6.07) is 77.8. The van der Waals surface area contributed by atoms with Gasteiger partial charge in [-0.2, -0.15) is 0 Å². The maximum absolute atomic E-state index is 4.94. The van der Waals surface area contributed by atoms with E-state index in [4.69, 9.17) is 9.97 Å². The Morgan fingerprint density at radius 1 is 0.279 bits per heavy atom. The second-order valence-electron chi connectivity index (χ2n) is 17.0. The van der Waals surface area contributed by atoms with Gasteiger partial charge in [-0.1, -0.05) is 175 Å². The van der Waals surface area contributed by atoms with Gasteiger partial charge < -0.3 is 0 Å². The fourth-order valence-corrected chi connectivity index (χ4v) is 12.4. The van der Waals surface area contributed by atoms with Crippen LogP contribution < -0.4 is 31.8 Å². The molecule has 0 amide bonds. The minimum Gasteiger partial charge on any atom is -0.250 e. The molecule has 0 fully saturated rings. The van der Waals surface area contributed by atoms with Crippen molar-refractivity contribution in [1.82, 2.24) is 9.97 Å². The van der Waals surface area contributed by atoms with Crippen molar-refractivity contribution in [2.24, 2.45) is 0 Å². The Morgan fingerprint density at radius 2 is 0.475 bits per heavy atom. The third kappa shape index (κ3) is 11.8. The molecule has 2 nitrogen and oxygen atoms in total. The van der Waals surface area contributed by atoms with Crippen molar-refractivity contribution in [3.8, 4) is 0 Å². The zero-order chi connectivity index (χ0) is 42.0.